The van der Waals surface area contributed by atoms with Crippen LogP contribution in [0.4, 0.5) is 5.69 Å². The Morgan fingerprint density at radius 2 is 1.63 bits per heavy atom. The third-order valence-corrected chi connectivity index (χ3v) is 7.68. The molecule has 0 fully saturated rings. The van der Waals surface area contributed by atoms with Crippen molar-refractivity contribution in [1.82, 2.24) is 8.97 Å². The van der Waals surface area contributed by atoms with E-state index in [9.17, 15) is 0 Å². The minimum Gasteiger partial charge on any atom is -0.345 e. The van der Waals surface area contributed by atoms with E-state index in [4.69, 9.17) is 12.2 Å². The van der Waals surface area contributed by atoms with Gasteiger partial charge in [-0.3, -0.25) is 4.40 Å². The summed E-state index contributed by atoms with van der Waals surface area (Å²) in [5, 5.41) is 3.52. The number of nitrogens with one attached hydrogen (secondary N) is 1. The lowest BCUT2D eigenvalue weighted by Crippen LogP contribution is -2.14. The minimum atomic E-state index is 0.737. The van der Waals surface area contributed by atoms with Gasteiger partial charge < -0.3 is 9.88 Å². The summed E-state index contributed by atoms with van der Waals surface area (Å²) in [6.07, 6.45) is 5.66. The normalized spacial score (nSPS) is 13.1. The van der Waals surface area contributed by atoms with E-state index in [1.54, 1.807) is 0 Å². The van der Waals surface area contributed by atoms with Crippen LogP contribution in [-0.4, -0.2) is 14.0 Å². The number of hydrogen-bond acceptors (Lipinski definition) is 1. The van der Waals surface area contributed by atoms with Crippen LogP contribution in [0.1, 0.15) is 29.7 Å². The van der Waals surface area contributed by atoms with Crippen LogP contribution in [0.2, 0.25) is 0 Å². The summed E-state index contributed by atoms with van der Waals surface area (Å²) in [6.45, 7) is 3.15. The van der Waals surface area contributed by atoms with Crippen molar-refractivity contribution < 1.29 is 0 Å². The Morgan fingerprint density at radius 3 is 2.37 bits per heavy atom. The molecular weight excluding hydrogens is 514 g/mol. The molecule has 0 amide bonds. The Morgan fingerprint density at radius 1 is 0.886 bits per heavy atom. The predicted octanol–water partition coefficient (Wildman–Crippen LogP) is 8.27. The monoisotopic (exact) mass is 539 g/mol. The molecule has 5 aromatic rings. The third kappa shape index (κ3) is 4.03. The quantitative estimate of drug-likeness (QED) is 0.232. The molecule has 0 spiro atoms. The van der Waals surface area contributed by atoms with E-state index < -0.39 is 0 Å². The van der Waals surface area contributed by atoms with Gasteiger partial charge in [0.15, 0.2) is 0 Å². The van der Waals surface area contributed by atoms with Crippen molar-refractivity contribution in [3.8, 4) is 22.4 Å². The molecule has 3 heterocycles. The average Bonchev–Trinajstić information content (AvgIpc) is 3.29. The number of imidazole rings is 1. The van der Waals surface area contributed by atoms with E-state index in [0.717, 1.165) is 33.8 Å². The summed E-state index contributed by atoms with van der Waals surface area (Å²) in [6, 6.07) is 27.7. The first kappa shape index (κ1) is 22.3. The predicted molar refractivity (Wildman–Crippen MR) is 153 cm³/mol. The molecule has 5 heteroatoms. The molecule has 35 heavy (non-hydrogen) atoms. The van der Waals surface area contributed by atoms with Crippen molar-refractivity contribution in [3.05, 3.63) is 106 Å². The fourth-order valence-electron chi connectivity index (χ4n) is 5.20. The van der Waals surface area contributed by atoms with Crippen LogP contribution in [0.5, 0.6) is 0 Å². The molecule has 2 aromatic heterocycles. The van der Waals surface area contributed by atoms with Crippen LogP contribution in [0.15, 0.2) is 89.5 Å². The molecule has 1 aliphatic rings. The van der Waals surface area contributed by atoms with E-state index in [2.05, 4.69) is 110 Å². The number of halogens is 1. The van der Waals surface area contributed by atoms with Gasteiger partial charge in [-0.15, -0.1) is 0 Å². The SMILES string of the molecule is Cc1ccc(-c2c3c4n(c(-c5ccccc5)cn4c2C(=S)Nc2ccc(Br)cc2)CCCC3)cc1. The summed E-state index contributed by atoms with van der Waals surface area (Å²) in [4.78, 5) is 0.737. The number of aromatic nitrogens is 2. The van der Waals surface area contributed by atoms with Gasteiger partial charge >= 0.3 is 0 Å². The van der Waals surface area contributed by atoms with Crippen molar-refractivity contribution in [3.63, 3.8) is 0 Å². The largest absolute Gasteiger partial charge is 0.345 e. The summed E-state index contributed by atoms with van der Waals surface area (Å²) in [5.74, 6) is 0. The Kier molecular flexibility index (Phi) is 5.83. The second-order valence-corrected chi connectivity index (χ2v) is 10.5. The maximum atomic E-state index is 6.11. The van der Waals surface area contributed by atoms with E-state index in [1.165, 1.54) is 52.0 Å². The van der Waals surface area contributed by atoms with Gasteiger partial charge in [0.05, 0.1) is 11.4 Å². The molecule has 0 bridgehead atoms. The van der Waals surface area contributed by atoms with Crippen molar-refractivity contribution in [2.24, 2.45) is 0 Å². The van der Waals surface area contributed by atoms with Crippen molar-refractivity contribution in [2.75, 3.05) is 5.32 Å². The highest BCUT2D eigenvalue weighted by atomic mass is 79.9. The second kappa shape index (κ2) is 9.14. The molecule has 3 aromatic carbocycles. The third-order valence-electron chi connectivity index (χ3n) is 6.86. The summed E-state index contributed by atoms with van der Waals surface area (Å²) in [5.41, 5.74) is 10.9. The lowest BCUT2D eigenvalue weighted by molar-refractivity contribution is 0.647. The highest BCUT2D eigenvalue weighted by Gasteiger charge is 2.28. The van der Waals surface area contributed by atoms with Crippen LogP contribution >= 0.6 is 28.1 Å². The smallest absolute Gasteiger partial charge is 0.128 e. The Balaban J connectivity index is 1.60. The number of rotatable bonds is 4. The molecule has 0 saturated carbocycles. The molecular formula is C30H26BrN3S. The highest BCUT2D eigenvalue weighted by Crippen LogP contribution is 2.40. The summed E-state index contributed by atoms with van der Waals surface area (Å²) in [7, 11) is 0. The lowest BCUT2D eigenvalue weighted by atomic mass is 9.97. The second-order valence-electron chi connectivity index (χ2n) is 9.21. The zero-order valence-corrected chi connectivity index (χ0v) is 22.0. The Bertz CT molecular complexity index is 1530. The van der Waals surface area contributed by atoms with Crippen LogP contribution in [0, 0.1) is 6.92 Å². The molecule has 0 saturated heterocycles. The van der Waals surface area contributed by atoms with Crippen LogP contribution in [-0.2, 0) is 13.0 Å². The van der Waals surface area contributed by atoms with Crippen molar-refractivity contribution >= 4 is 44.5 Å². The maximum absolute atomic E-state index is 6.11. The number of hydrogen-bond donors (Lipinski definition) is 1. The van der Waals surface area contributed by atoms with Gasteiger partial charge in [-0.25, -0.2) is 0 Å². The first-order valence-electron chi connectivity index (χ1n) is 12.1. The number of thiocarbonyl (C=S) groups is 1. The van der Waals surface area contributed by atoms with Gasteiger partial charge in [0.1, 0.15) is 10.6 Å². The Labute approximate surface area is 219 Å². The lowest BCUT2D eigenvalue weighted by Gasteiger charge is -2.12. The molecule has 1 aliphatic heterocycles. The van der Waals surface area contributed by atoms with Gasteiger partial charge in [-0.05, 0) is 61.6 Å². The maximum Gasteiger partial charge on any atom is 0.128 e. The number of aryl methyl sites for hydroxylation is 3. The van der Waals surface area contributed by atoms with E-state index >= 15 is 0 Å². The average molecular weight is 541 g/mol. The van der Waals surface area contributed by atoms with Gasteiger partial charge in [0.2, 0.25) is 0 Å². The van der Waals surface area contributed by atoms with Gasteiger partial charge in [0, 0.05) is 34.0 Å². The standard InChI is InChI=1S/C30H26BrN3S/c1-20-10-12-22(13-11-20)27-25-9-5-6-18-33-26(21-7-3-2-4-8-21)19-34(30(25)33)28(27)29(35)32-24-16-14-23(31)15-17-24/h2-4,7-8,10-17,19H,5-6,9,18H2,1H3,(H,32,35). The Hall–Kier alpha value is -3.15. The number of nitrogens with zero attached hydrogens (tertiary/aromatic N) is 2. The van der Waals surface area contributed by atoms with Gasteiger partial charge in [0.25, 0.3) is 0 Å². The van der Waals surface area contributed by atoms with Crippen LogP contribution in [0.25, 0.3) is 28.0 Å². The highest BCUT2D eigenvalue weighted by molar-refractivity contribution is 9.10. The molecule has 6 rings (SSSR count). The van der Waals surface area contributed by atoms with Crippen LogP contribution < -0.4 is 5.32 Å². The number of benzene rings is 3. The number of anilines is 1. The first-order chi connectivity index (χ1) is 17.1. The van der Waals surface area contributed by atoms with Gasteiger partial charge in [-0.2, -0.15) is 0 Å². The van der Waals surface area contributed by atoms with Gasteiger partial charge in [-0.1, -0.05) is 88.3 Å². The molecule has 174 valence electrons. The van der Waals surface area contributed by atoms with E-state index in [-0.39, 0.29) is 0 Å². The topological polar surface area (TPSA) is 21.4 Å². The molecule has 0 unspecified atom stereocenters. The fraction of sp³-hybridized carbons (Fsp3) is 0.167. The molecule has 0 aliphatic carbocycles. The minimum absolute atomic E-state index is 0.737. The summed E-state index contributed by atoms with van der Waals surface area (Å²) >= 11 is 9.64. The van der Waals surface area contributed by atoms with E-state index in [1.807, 2.05) is 12.1 Å². The molecule has 3 nitrogen and oxygen atoms in total. The molecule has 1 N–H and O–H groups in total. The van der Waals surface area contributed by atoms with Crippen molar-refractivity contribution in [1.29, 1.82) is 0 Å². The van der Waals surface area contributed by atoms with E-state index in [0.29, 0.717) is 0 Å². The fourth-order valence-corrected chi connectivity index (χ4v) is 5.79. The zero-order valence-electron chi connectivity index (χ0n) is 19.6. The van der Waals surface area contributed by atoms with Crippen LogP contribution in [0.3, 0.4) is 0 Å². The summed E-state index contributed by atoms with van der Waals surface area (Å²) < 4.78 is 5.89. The molecule has 0 atom stereocenters. The van der Waals surface area contributed by atoms with Crippen molar-refractivity contribution in [2.45, 2.75) is 32.7 Å². The zero-order chi connectivity index (χ0) is 23.9. The first-order valence-corrected chi connectivity index (χ1v) is 13.3. The molecule has 0 radical (unpaired) electrons.